The molecule has 3 nitrogen and oxygen atoms in total. The van der Waals surface area contributed by atoms with Crippen LogP contribution >= 0.6 is 0 Å². The Balaban J connectivity index is 1.85. The molecule has 0 fully saturated rings. The zero-order valence-electron chi connectivity index (χ0n) is 17.3. The summed E-state index contributed by atoms with van der Waals surface area (Å²) >= 11 is 0. The second kappa shape index (κ2) is 13.3. The highest BCUT2D eigenvalue weighted by molar-refractivity contribution is 5.63. The largest absolute Gasteiger partial charge is 0.493 e. The number of unbranched alkanes of at least 4 members (excludes halogenated alkanes) is 8. The van der Waals surface area contributed by atoms with Crippen LogP contribution in [0.25, 0.3) is 11.4 Å². The molecule has 0 amide bonds. The lowest BCUT2D eigenvalue weighted by Crippen LogP contribution is -2.00. The quantitative estimate of drug-likeness (QED) is 0.336. The zero-order chi connectivity index (χ0) is 19.2. The zero-order valence-corrected chi connectivity index (χ0v) is 17.3. The van der Waals surface area contributed by atoms with Crippen molar-refractivity contribution in [3.63, 3.8) is 0 Å². The van der Waals surface area contributed by atoms with Gasteiger partial charge in [-0.05, 0) is 37.0 Å². The Morgan fingerprint density at radius 3 is 2.11 bits per heavy atom. The Labute approximate surface area is 165 Å². The van der Waals surface area contributed by atoms with Crippen LogP contribution in [0.3, 0.4) is 0 Å². The molecule has 148 valence electrons. The van der Waals surface area contributed by atoms with Crippen LogP contribution in [0.5, 0.6) is 5.75 Å². The summed E-state index contributed by atoms with van der Waals surface area (Å²) in [5.74, 6) is 1.64. The van der Waals surface area contributed by atoms with Crippen molar-refractivity contribution in [1.82, 2.24) is 9.97 Å². The molecule has 0 saturated heterocycles. The molecule has 0 radical (unpaired) electrons. The van der Waals surface area contributed by atoms with Crippen LogP contribution in [-0.2, 0) is 6.42 Å². The first kappa shape index (κ1) is 21.4. The molecule has 2 aromatic rings. The van der Waals surface area contributed by atoms with E-state index in [2.05, 4.69) is 23.8 Å². The van der Waals surface area contributed by atoms with Crippen molar-refractivity contribution in [2.75, 3.05) is 6.61 Å². The number of para-hydroxylation sites is 1. The first-order valence-electron chi connectivity index (χ1n) is 10.9. The van der Waals surface area contributed by atoms with Crippen LogP contribution < -0.4 is 4.74 Å². The standard InChI is InChI=1S/C24H36N2O/c1-3-5-7-9-10-11-15-21-19-25-24(26-20-21)22-16-12-13-17-23(22)27-18-14-8-6-4-2/h12-13,16-17,19-20H,3-11,14-15,18H2,1-2H3. The molecule has 27 heavy (non-hydrogen) atoms. The Kier molecular flexibility index (Phi) is 10.5. The van der Waals surface area contributed by atoms with Crippen molar-refractivity contribution < 1.29 is 4.74 Å². The fourth-order valence-corrected chi connectivity index (χ4v) is 3.22. The van der Waals surface area contributed by atoms with Crippen molar-refractivity contribution in [1.29, 1.82) is 0 Å². The summed E-state index contributed by atoms with van der Waals surface area (Å²) in [7, 11) is 0. The van der Waals surface area contributed by atoms with E-state index < -0.39 is 0 Å². The summed E-state index contributed by atoms with van der Waals surface area (Å²) in [6.07, 6.45) is 17.8. The van der Waals surface area contributed by atoms with Crippen LogP contribution in [0.15, 0.2) is 36.7 Å². The minimum Gasteiger partial charge on any atom is -0.493 e. The van der Waals surface area contributed by atoms with Gasteiger partial charge in [-0.2, -0.15) is 0 Å². The molecule has 1 aromatic heterocycles. The number of nitrogens with zero attached hydrogens (tertiary/aromatic N) is 2. The monoisotopic (exact) mass is 368 g/mol. The van der Waals surface area contributed by atoms with E-state index in [1.807, 2.05) is 36.7 Å². The number of aryl methyl sites for hydroxylation is 1. The van der Waals surface area contributed by atoms with Gasteiger partial charge in [0.15, 0.2) is 5.82 Å². The third-order valence-electron chi connectivity index (χ3n) is 4.91. The second-order valence-electron chi connectivity index (χ2n) is 7.34. The van der Waals surface area contributed by atoms with Gasteiger partial charge in [0, 0.05) is 12.4 Å². The molecule has 2 rings (SSSR count). The number of aromatic nitrogens is 2. The van der Waals surface area contributed by atoms with E-state index in [1.165, 1.54) is 63.4 Å². The van der Waals surface area contributed by atoms with Crippen molar-refractivity contribution in [3.8, 4) is 17.1 Å². The van der Waals surface area contributed by atoms with Gasteiger partial charge in [-0.1, -0.05) is 77.3 Å². The first-order chi connectivity index (χ1) is 13.3. The fraction of sp³-hybridized carbons (Fsp3) is 0.583. The van der Waals surface area contributed by atoms with Crippen molar-refractivity contribution in [2.24, 2.45) is 0 Å². The second-order valence-corrected chi connectivity index (χ2v) is 7.34. The number of hydrogen-bond donors (Lipinski definition) is 0. The Bertz CT molecular complexity index is 625. The van der Waals surface area contributed by atoms with Crippen molar-refractivity contribution in [2.45, 2.75) is 84.5 Å². The summed E-state index contributed by atoms with van der Waals surface area (Å²) in [6.45, 7) is 5.24. The lowest BCUT2D eigenvalue weighted by Gasteiger charge is -2.11. The minimum absolute atomic E-state index is 0.755. The number of rotatable bonds is 14. The predicted octanol–water partition coefficient (Wildman–Crippen LogP) is 7.01. The molecule has 0 aliphatic rings. The average molecular weight is 369 g/mol. The molecular weight excluding hydrogens is 332 g/mol. The van der Waals surface area contributed by atoms with Crippen LogP contribution in [0, 0.1) is 0 Å². The predicted molar refractivity (Wildman–Crippen MR) is 114 cm³/mol. The average Bonchev–Trinajstić information content (AvgIpc) is 2.71. The Morgan fingerprint density at radius 2 is 1.37 bits per heavy atom. The van der Waals surface area contributed by atoms with E-state index in [4.69, 9.17) is 4.74 Å². The lowest BCUT2D eigenvalue weighted by molar-refractivity contribution is 0.306. The number of hydrogen-bond acceptors (Lipinski definition) is 3. The van der Waals surface area contributed by atoms with E-state index in [-0.39, 0.29) is 0 Å². The third-order valence-corrected chi connectivity index (χ3v) is 4.91. The van der Waals surface area contributed by atoms with Gasteiger partial charge in [0.1, 0.15) is 5.75 Å². The Hall–Kier alpha value is -1.90. The maximum absolute atomic E-state index is 6.00. The fourth-order valence-electron chi connectivity index (χ4n) is 3.22. The summed E-state index contributed by atoms with van der Waals surface area (Å²) in [5, 5.41) is 0. The molecule has 0 aliphatic heterocycles. The van der Waals surface area contributed by atoms with E-state index in [0.29, 0.717) is 0 Å². The van der Waals surface area contributed by atoms with E-state index in [9.17, 15) is 0 Å². The van der Waals surface area contributed by atoms with Crippen molar-refractivity contribution in [3.05, 3.63) is 42.2 Å². The number of benzene rings is 1. The first-order valence-corrected chi connectivity index (χ1v) is 10.9. The highest BCUT2D eigenvalue weighted by atomic mass is 16.5. The maximum Gasteiger partial charge on any atom is 0.162 e. The topological polar surface area (TPSA) is 35.0 Å². The van der Waals surface area contributed by atoms with Gasteiger partial charge in [-0.25, -0.2) is 9.97 Å². The molecule has 0 spiro atoms. The summed E-state index contributed by atoms with van der Waals surface area (Å²) in [5.41, 5.74) is 2.21. The molecule has 0 N–H and O–H groups in total. The molecule has 3 heteroatoms. The van der Waals surface area contributed by atoms with Crippen LogP contribution in [0.2, 0.25) is 0 Å². The third kappa shape index (κ3) is 8.11. The van der Waals surface area contributed by atoms with Crippen LogP contribution in [-0.4, -0.2) is 16.6 Å². The Morgan fingerprint density at radius 1 is 0.741 bits per heavy atom. The van der Waals surface area contributed by atoms with E-state index >= 15 is 0 Å². The summed E-state index contributed by atoms with van der Waals surface area (Å²) in [6, 6.07) is 8.09. The van der Waals surface area contributed by atoms with Gasteiger partial charge in [-0.3, -0.25) is 0 Å². The lowest BCUT2D eigenvalue weighted by atomic mass is 10.1. The molecule has 0 bridgehead atoms. The van der Waals surface area contributed by atoms with Gasteiger partial charge in [0.25, 0.3) is 0 Å². The molecule has 0 unspecified atom stereocenters. The van der Waals surface area contributed by atoms with Crippen LogP contribution in [0.1, 0.15) is 83.6 Å². The normalized spacial score (nSPS) is 10.9. The number of ether oxygens (including phenoxy) is 1. The molecule has 0 atom stereocenters. The van der Waals surface area contributed by atoms with Crippen LogP contribution in [0.4, 0.5) is 0 Å². The van der Waals surface area contributed by atoms with Gasteiger partial charge in [-0.15, -0.1) is 0 Å². The van der Waals surface area contributed by atoms with E-state index in [1.54, 1.807) is 0 Å². The molecular formula is C24H36N2O. The van der Waals surface area contributed by atoms with Crippen molar-refractivity contribution >= 4 is 0 Å². The smallest absolute Gasteiger partial charge is 0.162 e. The molecule has 0 saturated carbocycles. The van der Waals surface area contributed by atoms with Gasteiger partial charge in [0.05, 0.1) is 12.2 Å². The summed E-state index contributed by atoms with van der Waals surface area (Å²) in [4.78, 5) is 9.21. The minimum atomic E-state index is 0.755. The van der Waals surface area contributed by atoms with Gasteiger partial charge in [0.2, 0.25) is 0 Å². The summed E-state index contributed by atoms with van der Waals surface area (Å²) < 4.78 is 6.00. The van der Waals surface area contributed by atoms with E-state index in [0.717, 1.165) is 36.6 Å². The molecule has 1 heterocycles. The highest BCUT2D eigenvalue weighted by Gasteiger charge is 2.08. The van der Waals surface area contributed by atoms with Gasteiger partial charge < -0.3 is 4.74 Å². The highest BCUT2D eigenvalue weighted by Crippen LogP contribution is 2.27. The molecule has 1 aromatic carbocycles. The van der Waals surface area contributed by atoms with Gasteiger partial charge >= 0.3 is 0 Å². The molecule has 0 aliphatic carbocycles. The SMILES string of the molecule is CCCCCCCCc1cnc(-c2ccccc2OCCCCCC)nc1. The maximum atomic E-state index is 6.00.